The lowest BCUT2D eigenvalue weighted by Gasteiger charge is -2.20. The predicted molar refractivity (Wildman–Crippen MR) is 77.1 cm³/mol. The highest BCUT2D eigenvalue weighted by molar-refractivity contribution is 9.10. The molecule has 0 unspecified atom stereocenters. The highest BCUT2D eigenvalue weighted by Gasteiger charge is 2.45. The maximum atomic E-state index is 6.07. The number of halogens is 1. The van der Waals surface area contributed by atoms with Crippen molar-refractivity contribution in [3.05, 3.63) is 27.7 Å². The summed E-state index contributed by atoms with van der Waals surface area (Å²) in [5, 5.41) is 0. The zero-order chi connectivity index (χ0) is 12.8. The van der Waals surface area contributed by atoms with Crippen LogP contribution in [0.5, 0.6) is 5.75 Å². The molecule has 2 N–H and O–H groups in total. The van der Waals surface area contributed by atoms with Crippen molar-refractivity contribution in [3.63, 3.8) is 0 Å². The first-order valence-corrected chi connectivity index (χ1v) is 7.57. The van der Waals surface area contributed by atoms with Crippen molar-refractivity contribution in [2.45, 2.75) is 38.0 Å². The third kappa shape index (κ3) is 2.30. The molecular weight excluding hydrogens is 290 g/mol. The van der Waals surface area contributed by atoms with Crippen LogP contribution in [0.15, 0.2) is 16.6 Å². The second kappa shape index (κ2) is 4.53. The summed E-state index contributed by atoms with van der Waals surface area (Å²) >= 11 is 3.65. The maximum absolute atomic E-state index is 6.07. The molecule has 0 atom stereocenters. The van der Waals surface area contributed by atoms with Gasteiger partial charge in [0, 0.05) is 17.5 Å². The Morgan fingerprint density at radius 1 is 1.39 bits per heavy atom. The molecule has 2 aliphatic carbocycles. The van der Waals surface area contributed by atoms with Crippen molar-refractivity contribution in [1.82, 2.24) is 0 Å². The lowest BCUT2D eigenvalue weighted by atomic mass is 9.93. The minimum atomic E-state index is 0.188. The Morgan fingerprint density at radius 3 is 2.67 bits per heavy atom. The fourth-order valence-corrected chi connectivity index (χ4v) is 3.18. The van der Waals surface area contributed by atoms with Crippen LogP contribution in [0.25, 0.3) is 0 Å². The SMILES string of the molecule is Cc1cc(Br)c(OCC2CC2)c(C2(CN)CC2)c1. The number of hydrogen-bond acceptors (Lipinski definition) is 2. The molecule has 0 aromatic heterocycles. The number of nitrogens with two attached hydrogens (primary N) is 1. The number of benzene rings is 1. The van der Waals surface area contributed by atoms with E-state index < -0.39 is 0 Å². The first-order valence-electron chi connectivity index (χ1n) is 6.78. The zero-order valence-electron chi connectivity index (χ0n) is 10.8. The van der Waals surface area contributed by atoms with E-state index >= 15 is 0 Å². The fraction of sp³-hybridized carbons (Fsp3) is 0.600. The van der Waals surface area contributed by atoms with Gasteiger partial charge in [-0.05, 0) is 66.1 Å². The molecule has 3 rings (SSSR count). The molecule has 1 aromatic rings. The van der Waals surface area contributed by atoms with Gasteiger partial charge in [-0.25, -0.2) is 0 Å². The summed E-state index contributed by atoms with van der Waals surface area (Å²) in [7, 11) is 0. The average Bonchev–Trinajstić information content (AvgIpc) is 3.22. The van der Waals surface area contributed by atoms with Gasteiger partial charge in [0.05, 0.1) is 11.1 Å². The monoisotopic (exact) mass is 309 g/mol. The van der Waals surface area contributed by atoms with E-state index in [1.165, 1.54) is 36.8 Å². The largest absolute Gasteiger partial charge is 0.492 e. The predicted octanol–water partition coefficient (Wildman–Crippen LogP) is 3.54. The molecule has 18 heavy (non-hydrogen) atoms. The summed E-state index contributed by atoms with van der Waals surface area (Å²) in [6.45, 7) is 3.71. The minimum absolute atomic E-state index is 0.188. The van der Waals surface area contributed by atoms with E-state index in [2.05, 4.69) is 35.0 Å². The van der Waals surface area contributed by atoms with Crippen molar-refractivity contribution >= 4 is 15.9 Å². The number of ether oxygens (including phenoxy) is 1. The fourth-order valence-electron chi connectivity index (χ4n) is 2.49. The Hall–Kier alpha value is -0.540. The molecule has 0 bridgehead atoms. The second-order valence-corrected chi connectivity index (χ2v) is 6.72. The van der Waals surface area contributed by atoms with Gasteiger partial charge in [0.15, 0.2) is 0 Å². The Kier molecular flexibility index (Phi) is 3.15. The van der Waals surface area contributed by atoms with Crippen LogP contribution in [-0.2, 0) is 5.41 Å². The van der Waals surface area contributed by atoms with E-state index in [1.807, 2.05) is 0 Å². The van der Waals surface area contributed by atoms with Crippen LogP contribution >= 0.6 is 15.9 Å². The molecule has 2 fully saturated rings. The maximum Gasteiger partial charge on any atom is 0.137 e. The number of aryl methyl sites for hydroxylation is 1. The number of hydrogen-bond donors (Lipinski definition) is 1. The molecule has 1 aromatic carbocycles. The van der Waals surface area contributed by atoms with Crippen molar-refractivity contribution < 1.29 is 4.74 Å². The molecule has 98 valence electrons. The molecule has 2 nitrogen and oxygen atoms in total. The van der Waals surface area contributed by atoms with Crippen LogP contribution in [0.2, 0.25) is 0 Å². The Bertz CT molecular complexity index is 464. The van der Waals surface area contributed by atoms with E-state index in [0.29, 0.717) is 0 Å². The van der Waals surface area contributed by atoms with Crippen LogP contribution < -0.4 is 10.5 Å². The van der Waals surface area contributed by atoms with Gasteiger partial charge in [0.25, 0.3) is 0 Å². The highest BCUT2D eigenvalue weighted by Crippen LogP contribution is 2.52. The van der Waals surface area contributed by atoms with Gasteiger partial charge >= 0.3 is 0 Å². The van der Waals surface area contributed by atoms with Crippen molar-refractivity contribution in [2.24, 2.45) is 11.7 Å². The zero-order valence-corrected chi connectivity index (χ0v) is 12.4. The Morgan fingerprint density at radius 2 is 2.11 bits per heavy atom. The van der Waals surface area contributed by atoms with Gasteiger partial charge in [0.1, 0.15) is 5.75 Å². The molecule has 3 heteroatoms. The van der Waals surface area contributed by atoms with Crippen molar-refractivity contribution in [1.29, 1.82) is 0 Å². The summed E-state index contributed by atoms with van der Waals surface area (Å²) in [5.74, 6) is 1.81. The van der Waals surface area contributed by atoms with E-state index in [4.69, 9.17) is 10.5 Å². The molecule has 0 radical (unpaired) electrons. The molecule has 0 aliphatic heterocycles. The van der Waals surface area contributed by atoms with Gasteiger partial charge in [-0.2, -0.15) is 0 Å². The Labute approximate surface area is 117 Å². The van der Waals surface area contributed by atoms with Gasteiger partial charge < -0.3 is 10.5 Å². The molecule has 0 amide bonds. The average molecular weight is 310 g/mol. The van der Waals surface area contributed by atoms with Crippen molar-refractivity contribution in [2.75, 3.05) is 13.2 Å². The van der Waals surface area contributed by atoms with Gasteiger partial charge in [0.2, 0.25) is 0 Å². The van der Waals surface area contributed by atoms with E-state index in [9.17, 15) is 0 Å². The molecular formula is C15H20BrNO. The third-order valence-electron chi connectivity index (χ3n) is 4.16. The van der Waals surface area contributed by atoms with Crippen LogP contribution in [0.3, 0.4) is 0 Å². The minimum Gasteiger partial charge on any atom is -0.492 e. The third-order valence-corrected chi connectivity index (χ3v) is 4.75. The van der Waals surface area contributed by atoms with Gasteiger partial charge in [-0.1, -0.05) is 6.07 Å². The molecule has 0 saturated heterocycles. The molecule has 0 spiro atoms. The van der Waals surface area contributed by atoms with E-state index in [1.54, 1.807) is 0 Å². The van der Waals surface area contributed by atoms with Crippen LogP contribution in [0.4, 0.5) is 0 Å². The van der Waals surface area contributed by atoms with Gasteiger partial charge in [-0.3, -0.25) is 0 Å². The summed E-state index contributed by atoms with van der Waals surface area (Å²) in [5.41, 5.74) is 8.75. The van der Waals surface area contributed by atoms with E-state index in [0.717, 1.165) is 29.3 Å². The normalized spacial score (nSPS) is 20.8. The lowest BCUT2D eigenvalue weighted by Crippen LogP contribution is -2.21. The molecule has 0 heterocycles. The smallest absolute Gasteiger partial charge is 0.137 e. The summed E-state index contributed by atoms with van der Waals surface area (Å²) in [4.78, 5) is 0. The second-order valence-electron chi connectivity index (χ2n) is 5.86. The summed E-state index contributed by atoms with van der Waals surface area (Å²) < 4.78 is 7.15. The highest BCUT2D eigenvalue weighted by atomic mass is 79.9. The topological polar surface area (TPSA) is 35.2 Å². The standard InChI is InChI=1S/C15H20BrNO/c1-10-6-12(15(9-17)4-5-15)14(13(16)7-10)18-8-11-2-3-11/h6-7,11H,2-5,8-9,17H2,1H3. The lowest BCUT2D eigenvalue weighted by molar-refractivity contribution is 0.292. The van der Waals surface area contributed by atoms with Crippen LogP contribution in [0.1, 0.15) is 36.8 Å². The summed E-state index contributed by atoms with van der Waals surface area (Å²) in [6, 6.07) is 4.39. The molecule has 2 saturated carbocycles. The Balaban J connectivity index is 1.93. The van der Waals surface area contributed by atoms with Gasteiger partial charge in [-0.15, -0.1) is 0 Å². The number of rotatable bonds is 5. The van der Waals surface area contributed by atoms with Crippen LogP contribution in [-0.4, -0.2) is 13.2 Å². The molecule has 2 aliphatic rings. The first-order chi connectivity index (χ1) is 8.64. The quantitative estimate of drug-likeness (QED) is 0.903. The first kappa shape index (κ1) is 12.5. The van der Waals surface area contributed by atoms with Crippen LogP contribution in [0, 0.1) is 12.8 Å². The van der Waals surface area contributed by atoms with Crippen molar-refractivity contribution in [3.8, 4) is 5.75 Å². The summed E-state index contributed by atoms with van der Waals surface area (Å²) in [6.07, 6.45) is 5.03. The van der Waals surface area contributed by atoms with E-state index in [-0.39, 0.29) is 5.41 Å².